The van der Waals surface area contributed by atoms with Gasteiger partial charge in [-0.3, -0.25) is 14.2 Å². The average molecular weight is 451 g/mol. The molecule has 0 radical (unpaired) electrons. The molecule has 0 bridgehead atoms. The Labute approximate surface area is 180 Å². The lowest BCUT2D eigenvalue weighted by atomic mass is 10.2. The number of hydrogen-bond donors (Lipinski definition) is 1. The van der Waals surface area contributed by atoms with Crippen molar-refractivity contribution in [2.45, 2.75) is 24.3 Å². The largest absolute Gasteiger partial charge is 0.416 e. The zero-order chi connectivity index (χ0) is 22.4. The number of carbonyl (C=O) groups excluding carboxylic acids is 1. The predicted octanol–water partition coefficient (Wildman–Crippen LogP) is 4.18. The minimum absolute atomic E-state index is 0.0457. The molecule has 2 aromatic carbocycles. The summed E-state index contributed by atoms with van der Waals surface area (Å²) in [6.45, 7) is 0.821. The van der Waals surface area contributed by atoms with Crippen molar-refractivity contribution < 1.29 is 22.7 Å². The minimum Gasteiger partial charge on any atom is -0.385 e. The van der Waals surface area contributed by atoms with E-state index in [1.165, 1.54) is 16.7 Å². The number of thioether (sulfide) groups is 1. The monoisotopic (exact) mass is 451 g/mol. The number of carbonyl (C=O) groups is 1. The van der Waals surface area contributed by atoms with Gasteiger partial charge < -0.3 is 10.1 Å². The summed E-state index contributed by atoms with van der Waals surface area (Å²) in [6, 6.07) is 11.3. The van der Waals surface area contributed by atoms with Crippen LogP contribution in [0.1, 0.15) is 12.0 Å². The van der Waals surface area contributed by atoms with Crippen LogP contribution in [0.4, 0.5) is 18.9 Å². The molecule has 164 valence electrons. The average Bonchev–Trinajstić information content (AvgIpc) is 2.74. The van der Waals surface area contributed by atoms with E-state index in [-0.39, 0.29) is 17.0 Å². The molecule has 0 aliphatic rings. The maximum atomic E-state index is 12.9. The number of methoxy groups -OCH3 is 1. The summed E-state index contributed by atoms with van der Waals surface area (Å²) >= 11 is 1.05. The van der Waals surface area contributed by atoms with Gasteiger partial charge in [0.15, 0.2) is 5.16 Å². The molecule has 6 nitrogen and oxygen atoms in total. The van der Waals surface area contributed by atoms with Crippen molar-refractivity contribution >= 4 is 34.3 Å². The highest BCUT2D eigenvalue weighted by molar-refractivity contribution is 7.99. The summed E-state index contributed by atoms with van der Waals surface area (Å²) in [6.07, 6.45) is -3.91. The summed E-state index contributed by atoms with van der Waals surface area (Å²) in [5.41, 5.74) is -0.510. The van der Waals surface area contributed by atoms with E-state index in [4.69, 9.17) is 4.74 Å². The number of alkyl halides is 3. The van der Waals surface area contributed by atoms with Crippen LogP contribution >= 0.6 is 11.8 Å². The lowest BCUT2D eigenvalue weighted by Gasteiger charge is -2.13. The van der Waals surface area contributed by atoms with Crippen LogP contribution in [0.3, 0.4) is 0 Å². The van der Waals surface area contributed by atoms with Crippen LogP contribution in [0.5, 0.6) is 0 Å². The molecule has 0 aliphatic carbocycles. The smallest absolute Gasteiger partial charge is 0.385 e. The molecule has 0 unspecified atom stereocenters. The number of benzene rings is 2. The third-order valence-electron chi connectivity index (χ3n) is 4.36. The van der Waals surface area contributed by atoms with E-state index in [0.717, 1.165) is 23.9 Å². The summed E-state index contributed by atoms with van der Waals surface area (Å²) in [5.74, 6) is -0.624. The maximum Gasteiger partial charge on any atom is 0.416 e. The second-order valence-corrected chi connectivity index (χ2v) is 7.57. The van der Waals surface area contributed by atoms with Crippen molar-refractivity contribution in [2.24, 2.45) is 0 Å². The zero-order valence-corrected chi connectivity index (χ0v) is 17.4. The molecule has 1 amide bonds. The zero-order valence-electron chi connectivity index (χ0n) is 16.6. The van der Waals surface area contributed by atoms with Crippen molar-refractivity contribution in [3.05, 3.63) is 64.4 Å². The van der Waals surface area contributed by atoms with Crippen LogP contribution in [0.2, 0.25) is 0 Å². The van der Waals surface area contributed by atoms with Gasteiger partial charge in [0.05, 0.1) is 22.2 Å². The fourth-order valence-corrected chi connectivity index (χ4v) is 3.75. The van der Waals surface area contributed by atoms with Gasteiger partial charge in [-0.2, -0.15) is 13.2 Å². The van der Waals surface area contributed by atoms with Gasteiger partial charge in [-0.25, -0.2) is 4.98 Å². The molecule has 1 aromatic heterocycles. The van der Waals surface area contributed by atoms with E-state index < -0.39 is 17.6 Å². The fourth-order valence-electron chi connectivity index (χ4n) is 2.92. The summed E-state index contributed by atoms with van der Waals surface area (Å²) in [5, 5.41) is 3.28. The molecule has 0 aliphatic heterocycles. The molecule has 0 fully saturated rings. The van der Waals surface area contributed by atoms with E-state index >= 15 is 0 Å². The first-order valence-corrected chi connectivity index (χ1v) is 10.4. The SMILES string of the molecule is COCCCn1c(SCC(=O)Nc2cccc(C(F)(F)F)c2)nc2ccccc2c1=O. The van der Waals surface area contributed by atoms with E-state index in [0.29, 0.717) is 35.6 Å². The van der Waals surface area contributed by atoms with E-state index in [1.54, 1.807) is 31.4 Å². The Morgan fingerprint density at radius 2 is 1.97 bits per heavy atom. The van der Waals surface area contributed by atoms with Crippen LogP contribution < -0.4 is 10.9 Å². The van der Waals surface area contributed by atoms with Gasteiger partial charge in [0, 0.05) is 25.9 Å². The van der Waals surface area contributed by atoms with Gasteiger partial charge in [0.2, 0.25) is 5.91 Å². The van der Waals surface area contributed by atoms with Gasteiger partial charge in [0.25, 0.3) is 5.56 Å². The normalized spacial score (nSPS) is 11.6. The van der Waals surface area contributed by atoms with Crippen molar-refractivity contribution in [3.63, 3.8) is 0 Å². The Morgan fingerprint density at radius 3 is 2.71 bits per heavy atom. The quantitative estimate of drug-likeness (QED) is 0.316. The first kappa shape index (κ1) is 22.8. The van der Waals surface area contributed by atoms with Gasteiger partial charge in [-0.1, -0.05) is 30.0 Å². The lowest BCUT2D eigenvalue weighted by molar-refractivity contribution is -0.137. The first-order valence-electron chi connectivity index (χ1n) is 9.38. The highest BCUT2D eigenvalue weighted by Crippen LogP contribution is 2.30. The van der Waals surface area contributed by atoms with Gasteiger partial charge in [-0.15, -0.1) is 0 Å². The third-order valence-corrected chi connectivity index (χ3v) is 5.34. The number of anilines is 1. The standard InChI is InChI=1S/C21H20F3N3O3S/c1-30-11-5-10-27-19(29)16-8-2-3-9-17(16)26-20(27)31-13-18(28)25-15-7-4-6-14(12-15)21(22,23)24/h2-4,6-9,12H,5,10-11,13H2,1H3,(H,25,28). The number of hydrogen-bond acceptors (Lipinski definition) is 5. The van der Waals surface area contributed by atoms with Crippen LogP contribution in [-0.4, -0.2) is 34.9 Å². The van der Waals surface area contributed by atoms with Crippen LogP contribution in [0, 0.1) is 0 Å². The Kier molecular flexibility index (Phi) is 7.34. The number of nitrogens with one attached hydrogen (secondary N) is 1. The van der Waals surface area contributed by atoms with Gasteiger partial charge >= 0.3 is 6.18 Å². The number of fused-ring (bicyclic) bond motifs is 1. The molecule has 0 atom stereocenters. The fraction of sp³-hybridized carbons (Fsp3) is 0.286. The maximum absolute atomic E-state index is 12.9. The molecule has 3 rings (SSSR count). The lowest BCUT2D eigenvalue weighted by Crippen LogP contribution is -2.25. The molecule has 0 saturated heterocycles. The first-order chi connectivity index (χ1) is 14.8. The highest BCUT2D eigenvalue weighted by Gasteiger charge is 2.30. The van der Waals surface area contributed by atoms with Crippen LogP contribution in [0.25, 0.3) is 10.9 Å². The number of halogens is 3. The number of para-hydroxylation sites is 1. The second-order valence-electron chi connectivity index (χ2n) is 6.63. The van der Waals surface area contributed by atoms with E-state index in [9.17, 15) is 22.8 Å². The molecule has 0 spiro atoms. The number of amides is 1. The Balaban J connectivity index is 1.77. The molecule has 1 heterocycles. The minimum atomic E-state index is -4.50. The Bertz CT molecular complexity index is 1130. The van der Waals surface area contributed by atoms with Crippen molar-refractivity contribution in [2.75, 3.05) is 24.8 Å². The van der Waals surface area contributed by atoms with E-state index in [1.807, 2.05) is 0 Å². The summed E-state index contributed by atoms with van der Waals surface area (Å²) < 4.78 is 45.1. The Hall–Kier alpha value is -2.85. The highest BCUT2D eigenvalue weighted by atomic mass is 32.2. The second kappa shape index (κ2) is 9.97. The number of nitrogens with zero attached hydrogens (tertiary/aromatic N) is 2. The summed E-state index contributed by atoms with van der Waals surface area (Å²) in [4.78, 5) is 29.7. The molecule has 10 heteroatoms. The van der Waals surface area contributed by atoms with Crippen molar-refractivity contribution in [1.29, 1.82) is 0 Å². The molecule has 0 saturated carbocycles. The predicted molar refractivity (Wildman–Crippen MR) is 113 cm³/mol. The summed E-state index contributed by atoms with van der Waals surface area (Å²) in [7, 11) is 1.56. The van der Waals surface area contributed by atoms with Gasteiger partial charge in [0.1, 0.15) is 0 Å². The molecule has 3 aromatic rings. The molecular formula is C21H20F3N3O3S. The topological polar surface area (TPSA) is 73.2 Å². The van der Waals surface area contributed by atoms with Gasteiger partial charge in [-0.05, 0) is 36.8 Å². The van der Waals surface area contributed by atoms with Crippen LogP contribution in [0.15, 0.2) is 58.5 Å². The van der Waals surface area contributed by atoms with Crippen molar-refractivity contribution in [3.8, 4) is 0 Å². The third kappa shape index (κ3) is 5.86. The van der Waals surface area contributed by atoms with E-state index in [2.05, 4.69) is 10.3 Å². The Morgan fingerprint density at radius 1 is 1.19 bits per heavy atom. The van der Waals surface area contributed by atoms with Crippen LogP contribution in [-0.2, 0) is 22.3 Å². The number of rotatable bonds is 8. The number of ether oxygens (including phenoxy) is 1. The van der Waals surface area contributed by atoms with Crippen molar-refractivity contribution in [1.82, 2.24) is 9.55 Å². The molecule has 1 N–H and O–H groups in total. The number of aromatic nitrogens is 2. The molecular weight excluding hydrogens is 431 g/mol. The molecule has 31 heavy (non-hydrogen) atoms.